The number of amides is 1. The van der Waals surface area contributed by atoms with E-state index in [1.54, 1.807) is 6.92 Å². The number of halogens is 5. The molecule has 1 aromatic carbocycles. The third-order valence-corrected chi connectivity index (χ3v) is 2.36. The monoisotopic (exact) mass is 297 g/mol. The lowest BCUT2D eigenvalue weighted by atomic mass is 10.0. The third-order valence-electron chi connectivity index (χ3n) is 2.36. The van der Waals surface area contributed by atoms with Gasteiger partial charge in [-0.05, 0) is 19.1 Å². The molecule has 0 bridgehead atoms. The first-order valence-electron chi connectivity index (χ1n) is 5.65. The number of hydrogen-bond acceptors (Lipinski definition) is 2. The first-order chi connectivity index (χ1) is 9.27. The van der Waals surface area contributed by atoms with Crippen molar-refractivity contribution < 1.29 is 31.5 Å². The van der Waals surface area contributed by atoms with E-state index in [0.717, 1.165) is 6.07 Å². The second-order valence-corrected chi connectivity index (χ2v) is 3.81. The van der Waals surface area contributed by atoms with Gasteiger partial charge in [0.2, 0.25) is 5.91 Å². The average molecular weight is 297 g/mol. The number of carbonyl (C=O) groups is 1. The van der Waals surface area contributed by atoms with Gasteiger partial charge in [-0.25, -0.2) is 8.78 Å². The van der Waals surface area contributed by atoms with Crippen LogP contribution in [0.25, 0.3) is 0 Å². The zero-order valence-corrected chi connectivity index (χ0v) is 10.4. The molecule has 0 fully saturated rings. The van der Waals surface area contributed by atoms with Crippen LogP contribution in [0.2, 0.25) is 0 Å². The van der Waals surface area contributed by atoms with Crippen molar-refractivity contribution in [3.8, 4) is 0 Å². The van der Waals surface area contributed by atoms with Crippen molar-refractivity contribution in [1.29, 1.82) is 0 Å². The van der Waals surface area contributed by atoms with E-state index >= 15 is 0 Å². The van der Waals surface area contributed by atoms with Gasteiger partial charge in [-0.15, -0.1) is 0 Å². The molecule has 0 aliphatic rings. The van der Waals surface area contributed by atoms with E-state index in [1.165, 1.54) is 5.32 Å². The van der Waals surface area contributed by atoms with Crippen LogP contribution >= 0.6 is 0 Å². The lowest BCUT2D eigenvalue weighted by molar-refractivity contribution is -0.165. The number of benzene rings is 1. The number of ether oxygens (including phenoxy) is 1. The number of hydrogen-bond donors (Lipinski definition) is 1. The second-order valence-electron chi connectivity index (χ2n) is 3.81. The molecular weight excluding hydrogens is 285 g/mol. The fourth-order valence-electron chi connectivity index (χ4n) is 1.50. The van der Waals surface area contributed by atoms with Crippen molar-refractivity contribution in [1.82, 2.24) is 5.32 Å². The van der Waals surface area contributed by atoms with Gasteiger partial charge >= 0.3 is 6.18 Å². The fourth-order valence-corrected chi connectivity index (χ4v) is 1.50. The van der Waals surface area contributed by atoms with Gasteiger partial charge in [0.25, 0.3) is 0 Å². The molecule has 1 aromatic rings. The minimum atomic E-state index is -5.04. The van der Waals surface area contributed by atoms with Crippen LogP contribution in [0.3, 0.4) is 0 Å². The van der Waals surface area contributed by atoms with Gasteiger partial charge in [0.1, 0.15) is 18.2 Å². The largest absolute Gasteiger partial charge is 0.413 e. The Labute approximate surface area is 111 Å². The van der Waals surface area contributed by atoms with Gasteiger partial charge in [0, 0.05) is 6.61 Å². The van der Waals surface area contributed by atoms with Crippen molar-refractivity contribution in [3.05, 3.63) is 35.4 Å². The number of alkyl halides is 3. The van der Waals surface area contributed by atoms with Crippen molar-refractivity contribution in [2.24, 2.45) is 0 Å². The lowest BCUT2D eigenvalue weighted by Crippen LogP contribution is -2.40. The van der Waals surface area contributed by atoms with Gasteiger partial charge in [0.05, 0.1) is 5.56 Å². The predicted octanol–water partition coefficient (Wildman–Crippen LogP) is 2.72. The molecule has 0 saturated heterocycles. The molecule has 0 aliphatic heterocycles. The van der Waals surface area contributed by atoms with E-state index in [1.807, 2.05) is 0 Å². The van der Waals surface area contributed by atoms with E-state index in [-0.39, 0.29) is 6.61 Å². The molecule has 1 amide bonds. The molecule has 1 N–H and O–H groups in total. The van der Waals surface area contributed by atoms with Crippen LogP contribution in [0, 0.1) is 11.6 Å². The SMILES string of the molecule is CCOCC(=O)N[C@H](c1c(F)cccc1F)C(F)(F)F. The zero-order chi connectivity index (χ0) is 15.3. The van der Waals surface area contributed by atoms with E-state index in [2.05, 4.69) is 4.74 Å². The maximum atomic E-state index is 13.4. The molecule has 0 heterocycles. The zero-order valence-electron chi connectivity index (χ0n) is 10.4. The Bertz CT molecular complexity index is 455. The van der Waals surface area contributed by atoms with E-state index in [4.69, 9.17) is 0 Å². The van der Waals surface area contributed by atoms with Gasteiger partial charge in [-0.3, -0.25) is 4.79 Å². The van der Waals surface area contributed by atoms with E-state index in [0.29, 0.717) is 12.1 Å². The number of nitrogens with one attached hydrogen (secondary N) is 1. The molecule has 1 rings (SSSR count). The van der Waals surface area contributed by atoms with Crippen LogP contribution in [0.5, 0.6) is 0 Å². The van der Waals surface area contributed by atoms with Gasteiger partial charge in [0.15, 0.2) is 6.04 Å². The molecule has 0 unspecified atom stereocenters. The maximum Gasteiger partial charge on any atom is 0.413 e. The Hall–Kier alpha value is -1.70. The molecule has 0 saturated carbocycles. The summed E-state index contributed by atoms with van der Waals surface area (Å²) in [4.78, 5) is 11.3. The maximum absolute atomic E-state index is 13.4. The highest BCUT2D eigenvalue weighted by Gasteiger charge is 2.44. The molecule has 3 nitrogen and oxygen atoms in total. The first-order valence-corrected chi connectivity index (χ1v) is 5.65. The molecule has 20 heavy (non-hydrogen) atoms. The Morgan fingerprint density at radius 3 is 2.30 bits per heavy atom. The summed E-state index contributed by atoms with van der Waals surface area (Å²) < 4.78 is 70.0. The highest BCUT2D eigenvalue weighted by Crippen LogP contribution is 2.35. The predicted molar refractivity (Wildman–Crippen MR) is 59.8 cm³/mol. The van der Waals surface area contributed by atoms with Gasteiger partial charge in [-0.2, -0.15) is 13.2 Å². The summed E-state index contributed by atoms with van der Waals surface area (Å²) in [7, 11) is 0. The fraction of sp³-hybridized carbons (Fsp3) is 0.417. The summed E-state index contributed by atoms with van der Waals surface area (Å²) in [5.74, 6) is -3.88. The van der Waals surface area contributed by atoms with Crippen LogP contribution < -0.4 is 5.32 Å². The van der Waals surface area contributed by atoms with Gasteiger partial charge in [-0.1, -0.05) is 6.07 Å². The third kappa shape index (κ3) is 4.16. The van der Waals surface area contributed by atoms with Crippen LogP contribution in [0.4, 0.5) is 22.0 Å². The molecule has 112 valence electrons. The quantitative estimate of drug-likeness (QED) is 0.849. The molecule has 8 heteroatoms. The van der Waals surface area contributed by atoms with Crippen molar-refractivity contribution in [3.63, 3.8) is 0 Å². The Morgan fingerprint density at radius 1 is 1.30 bits per heavy atom. The van der Waals surface area contributed by atoms with E-state index < -0.39 is 41.9 Å². The standard InChI is InChI=1S/C12H12F5NO2/c1-2-20-6-9(19)18-11(12(15,16)17)10-7(13)4-3-5-8(10)14/h3-5,11H,2,6H2,1H3,(H,18,19)/t11-/m1/s1. The number of rotatable bonds is 5. The second kappa shape index (κ2) is 6.65. The summed E-state index contributed by atoms with van der Waals surface area (Å²) in [5.41, 5.74) is -1.25. The summed E-state index contributed by atoms with van der Waals surface area (Å²) in [6.07, 6.45) is -5.04. The summed E-state index contributed by atoms with van der Waals surface area (Å²) in [6, 6.07) is -0.460. The summed E-state index contributed by atoms with van der Waals surface area (Å²) in [5, 5.41) is 1.52. The summed E-state index contributed by atoms with van der Waals surface area (Å²) in [6.45, 7) is 1.04. The van der Waals surface area contributed by atoms with E-state index in [9.17, 15) is 26.7 Å². The Kier molecular flexibility index (Phi) is 5.43. The van der Waals surface area contributed by atoms with Crippen molar-refractivity contribution >= 4 is 5.91 Å². The number of carbonyl (C=O) groups excluding carboxylic acids is 1. The smallest absolute Gasteiger partial charge is 0.372 e. The molecular formula is C12H12F5NO2. The molecule has 0 aromatic heterocycles. The first kappa shape index (κ1) is 16.4. The minimum Gasteiger partial charge on any atom is -0.372 e. The highest BCUT2D eigenvalue weighted by atomic mass is 19.4. The van der Waals surface area contributed by atoms with Crippen LogP contribution in [-0.2, 0) is 9.53 Å². The van der Waals surface area contributed by atoms with Gasteiger partial charge < -0.3 is 10.1 Å². The molecule has 0 radical (unpaired) electrons. The Balaban J connectivity index is 3.05. The summed E-state index contributed by atoms with van der Waals surface area (Å²) >= 11 is 0. The van der Waals surface area contributed by atoms with Crippen LogP contribution in [0.1, 0.15) is 18.5 Å². The van der Waals surface area contributed by atoms with Crippen LogP contribution in [0.15, 0.2) is 18.2 Å². The molecule has 1 atom stereocenters. The topological polar surface area (TPSA) is 38.3 Å². The molecule has 0 spiro atoms. The normalized spacial score (nSPS) is 13.1. The minimum absolute atomic E-state index is 0.123. The highest BCUT2D eigenvalue weighted by molar-refractivity contribution is 5.77. The van der Waals surface area contributed by atoms with Crippen molar-refractivity contribution in [2.75, 3.05) is 13.2 Å². The molecule has 0 aliphatic carbocycles. The Morgan fingerprint density at radius 2 is 1.85 bits per heavy atom. The average Bonchev–Trinajstić information content (AvgIpc) is 2.33. The van der Waals surface area contributed by atoms with Crippen molar-refractivity contribution in [2.45, 2.75) is 19.1 Å². The lowest BCUT2D eigenvalue weighted by Gasteiger charge is -2.22. The van der Waals surface area contributed by atoms with Crippen LogP contribution in [-0.4, -0.2) is 25.3 Å².